The first-order chi connectivity index (χ1) is 15.0. The molecule has 3 aromatic carbocycles. The summed E-state index contributed by atoms with van der Waals surface area (Å²) in [4.78, 5) is 39.7. The second-order valence-corrected chi connectivity index (χ2v) is 8.47. The summed E-state index contributed by atoms with van der Waals surface area (Å²) in [5, 5.41) is 5.05. The minimum absolute atomic E-state index is 0.142. The Labute approximate surface area is 184 Å². The van der Waals surface area contributed by atoms with Gasteiger partial charge in [-0.2, -0.15) is 0 Å². The van der Waals surface area contributed by atoms with Crippen LogP contribution in [0.3, 0.4) is 0 Å². The quantitative estimate of drug-likeness (QED) is 0.553. The monoisotopic (exact) mass is 431 g/mol. The molecule has 0 saturated carbocycles. The fourth-order valence-electron chi connectivity index (χ4n) is 3.36. The van der Waals surface area contributed by atoms with E-state index in [1.165, 1.54) is 16.7 Å². The van der Waals surface area contributed by atoms with Gasteiger partial charge < -0.3 is 10.6 Å². The fourth-order valence-corrected chi connectivity index (χ4v) is 4.47. The van der Waals surface area contributed by atoms with Gasteiger partial charge in [-0.1, -0.05) is 36.4 Å². The van der Waals surface area contributed by atoms with Crippen LogP contribution in [0.1, 0.15) is 12.0 Å². The summed E-state index contributed by atoms with van der Waals surface area (Å²) in [6.45, 7) is 1.92. The van der Waals surface area contributed by atoms with E-state index >= 15 is 0 Å². The number of para-hydroxylation sites is 1. The highest BCUT2D eigenvalue weighted by molar-refractivity contribution is 8.00. The van der Waals surface area contributed by atoms with Crippen molar-refractivity contribution in [2.45, 2.75) is 23.5 Å². The SMILES string of the molecule is Cc1cccc(N2C(=O)C[C@@H](Sc3cccc(NC(=O)Nc4ccccc4)c3)C2=O)c1. The number of rotatable bonds is 5. The maximum atomic E-state index is 12.9. The molecule has 4 amide bonds. The van der Waals surface area contributed by atoms with Gasteiger partial charge in [-0.3, -0.25) is 9.59 Å². The first-order valence-electron chi connectivity index (χ1n) is 9.83. The van der Waals surface area contributed by atoms with E-state index < -0.39 is 5.25 Å². The Morgan fingerprint density at radius 3 is 2.39 bits per heavy atom. The van der Waals surface area contributed by atoms with E-state index in [1.807, 2.05) is 49.4 Å². The molecule has 156 valence electrons. The van der Waals surface area contributed by atoms with Crippen molar-refractivity contribution in [2.75, 3.05) is 15.5 Å². The zero-order valence-corrected chi connectivity index (χ0v) is 17.7. The van der Waals surface area contributed by atoms with Gasteiger partial charge in [-0.15, -0.1) is 11.8 Å². The van der Waals surface area contributed by atoms with E-state index in [-0.39, 0.29) is 24.3 Å². The molecular formula is C24H21N3O3S. The highest BCUT2D eigenvalue weighted by Gasteiger charge is 2.40. The van der Waals surface area contributed by atoms with Crippen LogP contribution < -0.4 is 15.5 Å². The molecule has 7 heteroatoms. The molecule has 0 aromatic heterocycles. The van der Waals surface area contributed by atoms with Gasteiger partial charge in [-0.25, -0.2) is 9.69 Å². The third-order valence-electron chi connectivity index (χ3n) is 4.77. The van der Waals surface area contributed by atoms with Crippen LogP contribution >= 0.6 is 11.8 Å². The lowest BCUT2D eigenvalue weighted by atomic mass is 10.2. The maximum Gasteiger partial charge on any atom is 0.323 e. The van der Waals surface area contributed by atoms with Gasteiger partial charge in [-0.05, 0) is 55.0 Å². The number of benzene rings is 3. The summed E-state index contributed by atoms with van der Waals surface area (Å²) in [5.41, 5.74) is 2.88. The summed E-state index contributed by atoms with van der Waals surface area (Å²) in [7, 11) is 0. The van der Waals surface area contributed by atoms with E-state index in [9.17, 15) is 14.4 Å². The van der Waals surface area contributed by atoms with Crippen LogP contribution in [-0.2, 0) is 9.59 Å². The van der Waals surface area contributed by atoms with Crippen molar-refractivity contribution in [1.29, 1.82) is 0 Å². The van der Waals surface area contributed by atoms with Crippen LogP contribution in [0.25, 0.3) is 0 Å². The van der Waals surface area contributed by atoms with Gasteiger partial charge in [0.25, 0.3) is 0 Å². The average Bonchev–Trinajstić information content (AvgIpc) is 3.02. The van der Waals surface area contributed by atoms with E-state index in [2.05, 4.69) is 10.6 Å². The molecular weight excluding hydrogens is 410 g/mol. The third-order valence-corrected chi connectivity index (χ3v) is 5.95. The Morgan fingerprint density at radius 1 is 0.903 bits per heavy atom. The zero-order chi connectivity index (χ0) is 21.8. The number of aryl methyl sites for hydroxylation is 1. The van der Waals surface area contributed by atoms with Crippen LogP contribution in [0.2, 0.25) is 0 Å². The Morgan fingerprint density at radius 2 is 1.61 bits per heavy atom. The number of nitrogens with zero attached hydrogens (tertiary/aromatic N) is 1. The number of nitrogens with one attached hydrogen (secondary N) is 2. The zero-order valence-electron chi connectivity index (χ0n) is 16.9. The molecule has 1 fully saturated rings. The summed E-state index contributed by atoms with van der Waals surface area (Å²) >= 11 is 1.33. The van der Waals surface area contributed by atoms with Crippen LogP contribution in [0.15, 0.2) is 83.8 Å². The Kier molecular flexibility index (Phi) is 6.04. The Hall–Kier alpha value is -3.58. The smallest absolute Gasteiger partial charge is 0.308 e. The third kappa shape index (κ3) is 4.95. The van der Waals surface area contributed by atoms with Crippen molar-refractivity contribution in [3.8, 4) is 0 Å². The summed E-state index contributed by atoms with van der Waals surface area (Å²) < 4.78 is 0. The van der Waals surface area contributed by atoms with Crippen molar-refractivity contribution in [1.82, 2.24) is 0 Å². The second kappa shape index (κ2) is 9.06. The van der Waals surface area contributed by atoms with Crippen LogP contribution in [0.5, 0.6) is 0 Å². The fraction of sp³-hybridized carbons (Fsp3) is 0.125. The number of amides is 4. The standard InChI is InChI=1S/C24H21N3O3S/c1-16-7-5-11-19(13-16)27-22(28)15-21(23(27)29)31-20-12-6-10-18(14-20)26-24(30)25-17-8-3-2-4-9-17/h2-14,21H,15H2,1H3,(H2,25,26,30)/t21-/m1/s1. The normalized spacial score (nSPS) is 15.8. The number of urea groups is 1. The van der Waals surface area contributed by atoms with Crippen molar-refractivity contribution in [3.63, 3.8) is 0 Å². The molecule has 0 radical (unpaired) electrons. The molecule has 3 aromatic rings. The second-order valence-electron chi connectivity index (χ2n) is 7.19. The number of carbonyl (C=O) groups excluding carboxylic acids is 3. The lowest BCUT2D eigenvalue weighted by Crippen LogP contribution is -2.31. The van der Waals surface area contributed by atoms with Gasteiger partial charge in [0.05, 0.1) is 10.9 Å². The molecule has 2 N–H and O–H groups in total. The topological polar surface area (TPSA) is 78.5 Å². The molecule has 0 aliphatic carbocycles. The highest BCUT2D eigenvalue weighted by atomic mass is 32.2. The van der Waals surface area contributed by atoms with Crippen molar-refractivity contribution in [3.05, 3.63) is 84.4 Å². The number of hydrogen-bond donors (Lipinski definition) is 2. The molecule has 1 saturated heterocycles. The lowest BCUT2D eigenvalue weighted by molar-refractivity contribution is -0.121. The minimum Gasteiger partial charge on any atom is -0.308 e. The number of thioether (sulfide) groups is 1. The van der Waals surface area contributed by atoms with Gasteiger partial charge in [0.2, 0.25) is 11.8 Å². The lowest BCUT2D eigenvalue weighted by Gasteiger charge is -2.15. The predicted octanol–water partition coefficient (Wildman–Crippen LogP) is 5.06. The summed E-state index contributed by atoms with van der Waals surface area (Å²) in [5.74, 6) is -0.426. The first-order valence-corrected chi connectivity index (χ1v) is 10.7. The van der Waals surface area contributed by atoms with Gasteiger partial charge in [0.15, 0.2) is 0 Å². The van der Waals surface area contributed by atoms with Crippen LogP contribution in [0, 0.1) is 6.92 Å². The molecule has 31 heavy (non-hydrogen) atoms. The number of anilines is 3. The molecule has 0 bridgehead atoms. The maximum absolute atomic E-state index is 12.9. The Balaban J connectivity index is 1.42. The molecule has 1 aliphatic rings. The number of hydrogen-bond acceptors (Lipinski definition) is 4. The number of carbonyl (C=O) groups is 3. The summed E-state index contributed by atoms with van der Waals surface area (Å²) in [6, 6.07) is 23.4. The van der Waals surface area contributed by atoms with Crippen molar-refractivity contribution in [2.24, 2.45) is 0 Å². The molecule has 0 unspecified atom stereocenters. The van der Waals surface area contributed by atoms with Crippen molar-refractivity contribution >= 4 is 46.7 Å². The molecule has 1 heterocycles. The van der Waals surface area contributed by atoms with Crippen LogP contribution in [-0.4, -0.2) is 23.1 Å². The molecule has 6 nitrogen and oxygen atoms in total. The van der Waals surface area contributed by atoms with Gasteiger partial charge in [0, 0.05) is 22.7 Å². The van der Waals surface area contributed by atoms with E-state index in [4.69, 9.17) is 0 Å². The van der Waals surface area contributed by atoms with Crippen molar-refractivity contribution < 1.29 is 14.4 Å². The Bertz CT molecular complexity index is 1130. The van der Waals surface area contributed by atoms with Gasteiger partial charge >= 0.3 is 6.03 Å². The number of imide groups is 1. The highest BCUT2D eigenvalue weighted by Crippen LogP contribution is 2.35. The summed E-state index contributed by atoms with van der Waals surface area (Å²) in [6.07, 6.45) is 0.142. The molecule has 0 spiro atoms. The first kappa shape index (κ1) is 20.7. The largest absolute Gasteiger partial charge is 0.323 e. The minimum atomic E-state index is -0.499. The van der Waals surface area contributed by atoms with Crippen LogP contribution in [0.4, 0.5) is 21.9 Å². The predicted molar refractivity (Wildman–Crippen MR) is 123 cm³/mol. The molecule has 1 atom stereocenters. The van der Waals surface area contributed by atoms with E-state index in [0.717, 1.165) is 10.5 Å². The molecule has 1 aliphatic heterocycles. The van der Waals surface area contributed by atoms with E-state index in [1.54, 1.807) is 36.4 Å². The molecule has 4 rings (SSSR count). The van der Waals surface area contributed by atoms with Gasteiger partial charge in [0.1, 0.15) is 0 Å². The average molecular weight is 432 g/mol. The van der Waals surface area contributed by atoms with E-state index in [0.29, 0.717) is 17.1 Å².